The Kier molecular flexibility index (Phi) is 7.57. The molecule has 0 unspecified atom stereocenters. The van der Waals surface area contributed by atoms with Gasteiger partial charge in [-0.3, -0.25) is 4.79 Å². The number of esters is 1. The molecule has 1 saturated carbocycles. The van der Waals surface area contributed by atoms with Crippen molar-refractivity contribution in [2.24, 2.45) is 11.8 Å². The maximum Gasteiger partial charge on any atom is 0.316 e. The fourth-order valence-corrected chi connectivity index (χ4v) is 4.93. The molecule has 32 heavy (non-hydrogen) atoms. The van der Waals surface area contributed by atoms with Crippen LogP contribution in [-0.4, -0.2) is 34.3 Å². The van der Waals surface area contributed by atoms with E-state index < -0.39 is 22.6 Å². The predicted octanol–water partition coefficient (Wildman–Crippen LogP) is 7.21. The minimum absolute atomic E-state index is 0.0326. The van der Waals surface area contributed by atoms with Gasteiger partial charge in [0.1, 0.15) is 23.2 Å². The van der Waals surface area contributed by atoms with Crippen molar-refractivity contribution >= 4 is 22.6 Å². The fourth-order valence-electron chi connectivity index (χ4n) is 2.88. The number of ether oxygens (including phenoxy) is 1. The monoisotopic (exact) mass is 480 g/mol. The van der Waals surface area contributed by atoms with Gasteiger partial charge in [0, 0.05) is 5.92 Å². The van der Waals surface area contributed by atoms with Crippen LogP contribution in [0.5, 0.6) is 0 Å². The van der Waals surface area contributed by atoms with E-state index in [1.165, 1.54) is 0 Å². The highest BCUT2D eigenvalue weighted by atomic mass is 28.4. The van der Waals surface area contributed by atoms with E-state index >= 15 is 0 Å². The highest BCUT2D eigenvalue weighted by Gasteiger charge is 2.45. The Morgan fingerprint density at radius 3 is 1.66 bits per heavy atom. The van der Waals surface area contributed by atoms with E-state index in [0.29, 0.717) is 29.5 Å². The van der Waals surface area contributed by atoms with Gasteiger partial charge >= 0.3 is 5.97 Å². The van der Waals surface area contributed by atoms with Gasteiger partial charge < -0.3 is 18.7 Å². The third-order valence-electron chi connectivity index (χ3n) is 7.28. The van der Waals surface area contributed by atoms with Crippen LogP contribution >= 0.6 is 0 Å². The largest absolute Gasteiger partial charge is 0.543 e. The fraction of sp³-hybridized carbons (Fsp3) is 0.720. The molecule has 0 aromatic heterocycles. The minimum Gasteiger partial charge on any atom is -0.543 e. The SMILES string of the molecule is CCOC(=O)C1C=C(O[Si](C)(C)C(C)(C)C)C(=C(O)C2CC2)C(O[Si](C)(C)C(C)(C)C)=C1. The second kappa shape index (κ2) is 9.05. The zero-order chi connectivity index (χ0) is 24.7. The molecule has 0 bridgehead atoms. The Labute approximate surface area is 197 Å². The van der Waals surface area contributed by atoms with Gasteiger partial charge in [-0.1, -0.05) is 41.5 Å². The van der Waals surface area contributed by atoms with Gasteiger partial charge in [0.2, 0.25) is 16.6 Å². The second-order valence-corrected chi connectivity index (χ2v) is 21.5. The standard InChI is InChI=1S/C25H44O5Si2/c1-12-28-23(27)18-15-19(29-31(8,9)24(2,3)4)21(22(26)17-13-14-17)20(16-18)30-32(10,11)25(5,6)7/h15-18,26H,12-14H2,1-11H3. The highest BCUT2D eigenvalue weighted by Crippen LogP contribution is 2.47. The molecule has 2 aliphatic carbocycles. The summed E-state index contributed by atoms with van der Waals surface area (Å²) < 4.78 is 18.8. The first-order valence-corrected chi connectivity index (χ1v) is 17.6. The first-order valence-electron chi connectivity index (χ1n) is 11.8. The van der Waals surface area contributed by atoms with Crippen molar-refractivity contribution in [1.82, 2.24) is 0 Å². The van der Waals surface area contributed by atoms with Crippen molar-refractivity contribution in [1.29, 1.82) is 0 Å². The maximum absolute atomic E-state index is 12.8. The van der Waals surface area contributed by atoms with Crippen molar-refractivity contribution in [3.05, 3.63) is 35.0 Å². The average Bonchev–Trinajstić information content (AvgIpc) is 3.43. The molecule has 0 heterocycles. The Morgan fingerprint density at radius 2 is 1.34 bits per heavy atom. The number of allylic oxidation sites excluding steroid dienone is 1. The molecule has 0 radical (unpaired) electrons. The molecule has 1 N–H and O–H groups in total. The van der Waals surface area contributed by atoms with Crippen LogP contribution in [0.15, 0.2) is 35.0 Å². The summed E-state index contributed by atoms with van der Waals surface area (Å²) in [5.74, 6) is 0.644. The minimum atomic E-state index is -2.24. The van der Waals surface area contributed by atoms with E-state index in [2.05, 4.69) is 67.7 Å². The van der Waals surface area contributed by atoms with Gasteiger partial charge in [-0.25, -0.2) is 0 Å². The van der Waals surface area contributed by atoms with Gasteiger partial charge in [-0.15, -0.1) is 0 Å². The van der Waals surface area contributed by atoms with Crippen molar-refractivity contribution in [2.45, 2.75) is 97.6 Å². The van der Waals surface area contributed by atoms with E-state index in [0.717, 1.165) is 12.8 Å². The molecular formula is C25H44O5Si2. The van der Waals surface area contributed by atoms with Crippen LogP contribution < -0.4 is 0 Å². The topological polar surface area (TPSA) is 65.0 Å². The predicted molar refractivity (Wildman–Crippen MR) is 135 cm³/mol. The van der Waals surface area contributed by atoms with Crippen LogP contribution in [0.3, 0.4) is 0 Å². The number of rotatable bonds is 7. The van der Waals surface area contributed by atoms with Crippen molar-refractivity contribution in [3.63, 3.8) is 0 Å². The summed E-state index contributed by atoms with van der Waals surface area (Å²) in [7, 11) is -4.48. The summed E-state index contributed by atoms with van der Waals surface area (Å²) in [6.07, 6.45) is 5.53. The third kappa shape index (κ3) is 5.90. The number of carbonyl (C=O) groups is 1. The van der Waals surface area contributed by atoms with Gasteiger partial charge in [-0.2, -0.15) is 0 Å². The molecule has 5 nitrogen and oxygen atoms in total. The smallest absolute Gasteiger partial charge is 0.316 e. The molecule has 2 rings (SSSR count). The van der Waals surface area contributed by atoms with Crippen molar-refractivity contribution in [2.75, 3.05) is 6.61 Å². The zero-order valence-electron chi connectivity index (χ0n) is 22.0. The molecule has 0 aromatic carbocycles. The van der Waals surface area contributed by atoms with Crippen LogP contribution in [-0.2, 0) is 18.4 Å². The number of hydrogen-bond donors (Lipinski definition) is 1. The molecular weight excluding hydrogens is 436 g/mol. The summed E-state index contributed by atoms with van der Waals surface area (Å²) in [6.45, 7) is 23.9. The van der Waals surface area contributed by atoms with Crippen molar-refractivity contribution < 1.29 is 23.5 Å². The Balaban J connectivity index is 2.63. The number of aliphatic hydroxyl groups is 1. The van der Waals surface area contributed by atoms with Crippen LogP contribution in [0.4, 0.5) is 0 Å². The average molecular weight is 481 g/mol. The summed E-state index contributed by atoms with van der Waals surface area (Å²) in [4.78, 5) is 12.8. The molecule has 0 spiro atoms. The summed E-state index contributed by atoms with van der Waals surface area (Å²) in [5.41, 5.74) is 0.627. The van der Waals surface area contributed by atoms with Crippen LogP contribution in [0, 0.1) is 11.8 Å². The van der Waals surface area contributed by atoms with Gasteiger partial charge in [0.05, 0.1) is 12.2 Å². The molecule has 1 fully saturated rings. The lowest BCUT2D eigenvalue weighted by atomic mass is 9.95. The molecule has 0 aromatic rings. The zero-order valence-corrected chi connectivity index (χ0v) is 24.0. The lowest BCUT2D eigenvalue weighted by Gasteiger charge is -2.41. The quantitative estimate of drug-likeness (QED) is 0.237. The Bertz CT molecular complexity index is 770. The lowest BCUT2D eigenvalue weighted by Crippen LogP contribution is -2.43. The first-order chi connectivity index (χ1) is 14.4. The normalized spacial score (nSPS) is 20.3. The second-order valence-electron chi connectivity index (χ2n) is 12.1. The summed E-state index contributed by atoms with van der Waals surface area (Å²) >= 11 is 0. The van der Waals surface area contributed by atoms with Crippen LogP contribution in [0.25, 0.3) is 0 Å². The Morgan fingerprint density at radius 1 is 0.938 bits per heavy atom. The van der Waals surface area contributed by atoms with Gasteiger partial charge in [-0.05, 0) is 68.2 Å². The first kappa shape index (κ1) is 26.8. The molecule has 0 atom stereocenters. The maximum atomic E-state index is 12.8. The summed E-state index contributed by atoms with van der Waals surface area (Å²) in [5, 5.41) is 11.2. The van der Waals surface area contributed by atoms with E-state index in [9.17, 15) is 9.90 Å². The van der Waals surface area contributed by atoms with Gasteiger partial charge in [0.25, 0.3) is 0 Å². The number of aliphatic hydroxyl groups excluding tert-OH is 1. The van der Waals surface area contributed by atoms with E-state index in [1.54, 1.807) is 6.92 Å². The van der Waals surface area contributed by atoms with Crippen LogP contribution in [0.1, 0.15) is 61.3 Å². The summed E-state index contributed by atoms with van der Waals surface area (Å²) in [6, 6.07) is 0. The molecule has 7 heteroatoms. The van der Waals surface area contributed by atoms with E-state index in [1.807, 2.05) is 12.2 Å². The molecule has 182 valence electrons. The number of hydrogen-bond acceptors (Lipinski definition) is 5. The molecule has 0 amide bonds. The Hall–Kier alpha value is -1.48. The van der Waals surface area contributed by atoms with Crippen molar-refractivity contribution in [3.8, 4) is 0 Å². The molecule has 0 saturated heterocycles. The van der Waals surface area contributed by atoms with E-state index in [-0.39, 0.29) is 22.0 Å². The number of carbonyl (C=O) groups excluding carboxylic acids is 1. The third-order valence-corrected chi connectivity index (χ3v) is 16.0. The highest BCUT2D eigenvalue weighted by molar-refractivity contribution is 6.75. The lowest BCUT2D eigenvalue weighted by molar-refractivity contribution is -0.144. The van der Waals surface area contributed by atoms with E-state index in [4.69, 9.17) is 13.6 Å². The van der Waals surface area contributed by atoms with Gasteiger partial charge in [0.15, 0.2) is 0 Å². The van der Waals surface area contributed by atoms with Crippen LogP contribution in [0.2, 0.25) is 36.3 Å². The molecule has 0 aliphatic heterocycles. The molecule has 2 aliphatic rings.